The summed E-state index contributed by atoms with van der Waals surface area (Å²) in [5.41, 5.74) is 3.56. The van der Waals surface area contributed by atoms with Gasteiger partial charge in [-0.3, -0.25) is 4.98 Å². The van der Waals surface area contributed by atoms with Crippen molar-refractivity contribution < 1.29 is 9.90 Å². The number of aromatic carboxylic acids is 1. The molecule has 4 aromatic rings. The molecule has 1 aromatic carbocycles. The zero-order valence-corrected chi connectivity index (χ0v) is 17.4. The Balaban J connectivity index is 1.74. The second-order valence-corrected chi connectivity index (χ2v) is 7.78. The molecular weight excluding hydrogens is 434 g/mol. The average Bonchev–Trinajstić information content (AvgIpc) is 3.08. The second-order valence-electron chi connectivity index (χ2n) is 6.86. The smallest absolute Gasteiger partial charge is 0.335 e. The molecule has 0 amide bonds. The molecule has 0 spiro atoms. The van der Waals surface area contributed by atoms with E-state index in [-0.39, 0.29) is 11.6 Å². The number of halogens is 1. The highest BCUT2D eigenvalue weighted by Crippen LogP contribution is 2.31. The summed E-state index contributed by atoms with van der Waals surface area (Å²) in [6.07, 6.45) is 7.38. The molecule has 0 unspecified atom stereocenters. The van der Waals surface area contributed by atoms with Crippen LogP contribution in [0, 0.1) is 0 Å². The van der Waals surface area contributed by atoms with E-state index < -0.39 is 5.97 Å². The van der Waals surface area contributed by atoms with Gasteiger partial charge in [0, 0.05) is 45.7 Å². The summed E-state index contributed by atoms with van der Waals surface area (Å²) >= 11 is 3.34. The van der Waals surface area contributed by atoms with Crippen molar-refractivity contribution in [1.29, 1.82) is 0 Å². The molecule has 0 aliphatic rings. The molecule has 0 saturated heterocycles. The van der Waals surface area contributed by atoms with Crippen LogP contribution < -0.4 is 5.32 Å². The van der Waals surface area contributed by atoms with Gasteiger partial charge in [-0.2, -0.15) is 0 Å². The first-order chi connectivity index (χ1) is 13.9. The Hall–Kier alpha value is -3.26. The van der Waals surface area contributed by atoms with Crippen molar-refractivity contribution in [2.45, 2.75) is 19.9 Å². The zero-order chi connectivity index (χ0) is 20.5. The summed E-state index contributed by atoms with van der Waals surface area (Å²) in [6, 6.07) is 8.98. The number of carbonyl (C=O) groups is 1. The standard InChI is InChI=1S/C21H18BrN5O2/c1-12(2)27-11-17(16-3-5-23-10-19(16)27)18-4-6-24-21(26-18)25-15-8-13(20(28)29)7-14(22)9-15/h3-12H,1-2H3,(H,28,29)(H,24,25,26). The zero-order valence-electron chi connectivity index (χ0n) is 15.8. The number of nitrogens with one attached hydrogen (secondary N) is 1. The van der Waals surface area contributed by atoms with Gasteiger partial charge >= 0.3 is 5.97 Å². The highest BCUT2D eigenvalue weighted by Gasteiger charge is 2.14. The molecule has 8 heteroatoms. The number of anilines is 2. The van der Waals surface area contributed by atoms with Gasteiger partial charge in [0.25, 0.3) is 0 Å². The van der Waals surface area contributed by atoms with Crippen LogP contribution in [0.2, 0.25) is 0 Å². The van der Waals surface area contributed by atoms with Gasteiger partial charge in [-0.05, 0) is 44.2 Å². The number of carboxylic acids is 1. The third-order valence-electron chi connectivity index (χ3n) is 4.53. The number of aromatic nitrogens is 4. The first-order valence-electron chi connectivity index (χ1n) is 9.01. The predicted molar refractivity (Wildman–Crippen MR) is 116 cm³/mol. The normalized spacial score (nSPS) is 11.2. The minimum Gasteiger partial charge on any atom is -0.478 e. The van der Waals surface area contributed by atoms with E-state index >= 15 is 0 Å². The molecule has 4 rings (SSSR count). The van der Waals surface area contributed by atoms with E-state index in [4.69, 9.17) is 0 Å². The largest absolute Gasteiger partial charge is 0.478 e. The van der Waals surface area contributed by atoms with E-state index in [0.29, 0.717) is 16.1 Å². The summed E-state index contributed by atoms with van der Waals surface area (Å²) in [5, 5.41) is 13.4. The molecule has 0 fully saturated rings. The van der Waals surface area contributed by atoms with Crippen molar-refractivity contribution in [3.8, 4) is 11.3 Å². The SMILES string of the molecule is CC(C)n1cc(-c2ccnc(Nc3cc(Br)cc(C(=O)O)c3)n2)c2ccncc21. The van der Waals surface area contributed by atoms with Gasteiger partial charge in [0.2, 0.25) is 5.95 Å². The maximum absolute atomic E-state index is 11.3. The fraction of sp³-hybridized carbons (Fsp3) is 0.143. The van der Waals surface area contributed by atoms with Crippen molar-refractivity contribution >= 4 is 44.4 Å². The molecule has 3 aromatic heterocycles. The minimum atomic E-state index is -1.00. The van der Waals surface area contributed by atoms with Gasteiger partial charge in [0.05, 0.1) is 23.0 Å². The van der Waals surface area contributed by atoms with Crippen molar-refractivity contribution in [2.75, 3.05) is 5.32 Å². The van der Waals surface area contributed by atoms with Crippen molar-refractivity contribution in [2.24, 2.45) is 0 Å². The molecule has 0 aliphatic carbocycles. The van der Waals surface area contributed by atoms with Gasteiger partial charge in [0.1, 0.15) is 0 Å². The Labute approximate surface area is 175 Å². The lowest BCUT2D eigenvalue weighted by atomic mass is 10.1. The second kappa shape index (κ2) is 7.63. The number of hydrogen-bond donors (Lipinski definition) is 2. The number of hydrogen-bond acceptors (Lipinski definition) is 5. The van der Waals surface area contributed by atoms with Crippen molar-refractivity contribution in [3.05, 3.63) is 65.2 Å². The number of fused-ring (bicyclic) bond motifs is 1. The highest BCUT2D eigenvalue weighted by atomic mass is 79.9. The van der Waals surface area contributed by atoms with Crippen LogP contribution >= 0.6 is 15.9 Å². The first-order valence-corrected chi connectivity index (χ1v) is 9.80. The summed E-state index contributed by atoms with van der Waals surface area (Å²) in [7, 11) is 0. The minimum absolute atomic E-state index is 0.172. The topological polar surface area (TPSA) is 92.9 Å². The quantitative estimate of drug-likeness (QED) is 0.428. The summed E-state index contributed by atoms with van der Waals surface area (Å²) in [5.74, 6) is -0.615. The lowest BCUT2D eigenvalue weighted by Crippen LogP contribution is -2.01. The van der Waals surface area contributed by atoms with Crippen LogP contribution in [0.15, 0.2) is 59.6 Å². The van der Waals surface area contributed by atoms with Crippen LogP contribution in [0.1, 0.15) is 30.2 Å². The van der Waals surface area contributed by atoms with Gasteiger partial charge in [-0.1, -0.05) is 15.9 Å². The molecule has 0 bridgehead atoms. The maximum Gasteiger partial charge on any atom is 0.335 e. The van der Waals surface area contributed by atoms with E-state index in [9.17, 15) is 9.90 Å². The fourth-order valence-electron chi connectivity index (χ4n) is 3.21. The Kier molecular flexibility index (Phi) is 5.02. The molecule has 7 nitrogen and oxygen atoms in total. The average molecular weight is 452 g/mol. The van der Waals surface area contributed by atoms with Crippen LogP contribution in [-0.4, -0.2) is 30.6 Å². The van der Waals surface area contributed by atoms with Crippen molar-refractivity contribution in [3.63, 3.8) is 0 Å². The third-order valence-corrected chi connectivity index (χ3v) is 4.98. The molecule has 3 heterocycles. The first kappa shape index (κ1) is 19.1. The number of nitrogens with zero attached hydrogens (tertiary/aromatic N) is 4. The fourth-order valence-corrected chi connectivity index (χ4v) is 3.71. The van der Waals surface area contributed by atoms with E-state index in [2.05, 4.69) is 60.8 Å². The van der Waals surface area contributed by atoms with Crippen LogP contribution in [-0.2, 0) is 0 Å². The summed E-state index contributed by atoms with van der Waals surface area (Å²) in [4.78, 5) is 24.5. The number of pyridine rings is 1. The lowest BCUT2D eigenvalue weighted by Gasteiger charge is -2.08. The molecule has 0 aliphatic heterocycles. The highest BCUT2D eigenvalue weighted by molar-refractivity contribution is 9.10. The van der Waals surface area contributed by atoms with E-state index in [1.165, 1.54) is 0 Å². The number of rotatable bonds is 5. The predicted octanol–water partition coefficient (Wildman–Crippen LogP) is 5.28. The van der Waals surface area contributed by atoms with Gasteiger partial charge < -0.3 is 15.0 Å². The van der Waals surface area contributed by atoms with Crippen LogP contribution in [0.3, 0.4) is 0 Å². The Morgan fingerprint density at radius 2 is 2.03 bits per heavy atom. The van der Waals surface area contributed by atoms with E-state index in [0.717, 1.165) is 22.2 Å². The number of carboxylic acid groups (broad SMARTS) is 1. The van der Waals surface area contributed by atoms with Crippen LogP contribution in [0.25, 0.3) is 22.2 Å². The van der Waals surface area contributed by atoms with Crippen molar-refractivity contribution in [1.82, 2.24) is 19.5 Å². The third kappa shape index (κ3) is 3.84. The molecule has 146 valence electrons. The van der Waals surface area contributed by atoms with Crippen LogP contribution in [0.4, 0.5) is 11.6 Å². The van der Waals surface area contributed by atoms with Gasteiger partial charge in [0.15, 0.2) is 0 Å². The molecule has 0 atom stereocenters. The molecule has 0 radical (unpaired) electrons. The monoisotopic (exact) mass is 451 g/mol. The molecule has 29 heavy (non-hydrogen) atoms. The number of benzene rings is 1. The molecule has 2 N–H and O–H groups in total. The Morgan fingerprint density at radius 3 is 2.79 bits per heavy atom. The summed E-state index contributed by atoms with van der Waals surface area (Å²) < 4.78 is 2.82. The van der Waals surface area contributed by atoms with E-state index in [1.807, 2.05) is 18.3 Å². The maximum atomic E-state index is 11.3. The molecular formula is C21H18BrN5O2. The van der Waals surface area contributed by atoms with E-state index in [1.54, 1.807) is 30.6 Å². The Bertz CT molecular complexity index is 1220. The summed E-state index contributed by atoms with van der Waals surface area (Å²) in [6.45, 7) is 4.24. The van der Waals surface area contributed by atoms with Gasteiger partial charge in [-0.15, -0.1) is 0 Å². The van der Waals surface area contributed by atoms with Gasteiger partial charge in [-0.25, -0.2) is 14.8 Å². The van der Waals surface area contributed by atoms with Crippen LogP contribution in [0.5, 0.6) is 0 Å². The Morgan fingerprint density at radius 1 is 1.21 bits per heavy atom. The lowest BCUT2D eigenvalue weighted by molar-refractivity contribution is 0.0697. The molecule has 0 saturated carbocycles.